The van der Waals surface area contributed by atoms with E-state index in [1.807, 2.05) is 60.7 Å². The normalized spacial score (nSPS) is 17.1. The van der Waals surface area contributed by atoms with Crippen molar-refractivity contribution in [3.8, 4) is 91.1 Å². The summed E-state index contributed by atoms with van der Waals surface area (Å²) in [5, 5.41) is 3.26. The minimum atomic E-state index is -1.08. The number of fused-ring (bicyclic) bond motifs is 18. The summed E-state index contributed by atoms with van der Waals surface area (Å²) in [6, 6.07) is 4.76. The van der Waals surface area contributed by atoms with Crippen molar-refractivity contribution in [3.05, 3.63) is 387 Å². The Labute approximate surface area is 709 Å². The van der Waals surface area contributed by atoms with Crippen LogP contribution in [0.25, 0.3) is 211 Å². The number of para-hydroxylation sites is 6. The van der Waals surface area contributed by atoms with Gasteiger partial charge in [0.05, 0.1) is 103 Å². The fraction of sp³-hybridized carbons (Fsp3) is 0.00971. The van der Waals surface area contributed by atoms with E-state index in [0.29, 0.717) is 32.9 Å². The lowest BCUT2D eigenvalue weighted by Crippen LogP contribution is -2.01. The molecule has 10 nitrogen and oxygen atoms in total. The smallest absolute Gasteiger partial charge is 0.164 e. The van der Waals surface area contributed by atoms with Crippen LogP contribution in [-0.2, 0) is 0 Å². The van der Waals surface area contributed by atoms with Gasteiger partial charge in [-0.3, -0.25) is 0 Å². The quantitative estimate of drug-likeness (QED) is 0.127. The molecule has 10 heteroatoms. The molecule has 0 bridgehead atoms. The first-order valence-electron chi connectivity index (χ1n) is 56.2. The highest BCUT2D eigenvalue weighted by molar-refractivity contribution is 6.26. The molecule has 17 aromatic carbocycles. The number of aromatic nitrogens is 10. The first-order chi connectivity index (χ1) is 73.9. The van der Waals surface area contributed by atoms with Gasteiger partial charge in [-0.1, -0.05) is 272 Å². The molecule has 0 aliphatic carbocycles. The molecule has 0 aliphatic rings. The Bertz CT molecular complexity index is 10200. The van der Waals surface area contributed by atoms with Crippen molar-refractivity contribution in [1.29, 1.82) is 0 Å². The van der Waals surface area contributed by atoms with E-state index in [0.717, 1.165) is 41.5 Å². The molecule has 23 aromatic rings. The van der Waals surface area contributed by atoms with E-state index in [1.54, 1.807) is 24.3 Å². The second kappa shape index (κ2) is 26.6. The molecule has 113 heavy (non-hydrogen) atoms. The third-order valence-electron chi connectivity index (χ3n) is 19.2. The van der Waals surface area contributed by atoms with Gasteiger partial charge in [0.15, 0.2) is 34.9 Å². The lowest BCUT2D eigenvalue weighted by atomic mass is 9.93. The monoisotopic (exact) mass is 1490 g/mol. The van der Waals surface area contributed by atoms with Gasteiger partial charge in [0, 0.05) is 99.2 Å². The summed E-state index contributed by atoms with van der Waals surface area (Å²) >= 11 is 0. The van der Waals surface area contributed by atoms with Gasteiger partial charge in [0.2, 0.25) is 0 Å². The summed E-state index contributed by atoms with van der Waals surface area (Å²) < 4.78 is 390. The van der Waals surface area contributed by atoms with Gasteiger partial charge >= 0.3 is 0 Å². The average Bonchev–Trinajstić information content (AvgIpc) is 1.52. The van der Waals surface area contributed by atoms with Crippen LogP contribution >= 0.6 is 0 Å². The zero-order valence-electron chi connectivity index (χ0n) is 101. The van der Waals surface area contributed by atoms with Gasteiger partial charge in [0.1, 0.15) is 0 Å². The van der Waals surface area contributed by atoms with E-state index >= 15 is 0 Å². The Balaban J connectivity index is 0.000000175. The maximum atomic E-state index is 10.0. The molecular weight excluding hydrogens is 1380 g/mol. The Morgan fingerprint density at radius 1 is 0.195 bits per heavy atom. The van der Waals surface area contributed by atoms with Crippen molar-refractivity contribution >= 4 is 120 Å². The predicted molar refractivity (Wildman–Crippen MR) is 467 cm³/mol. The molecular formula is C103H66N10. The highest BCUT2D eigenvalue weighted by Gasteiger charge is 2.23. The lowest BCUT2D eigenvalue weighted by Gasteiger charge is -2.13. The minimum Gasteiger partial charge on any atom is -0.309 e. The number of nitrogens with zero attached hydrogens (tertiary/aromatic N) is 10. The molecule has 0 unspecified atom stereocenters. The maximum Gasteiger partial charge on any atom is 0.164 e. The summed E-state index contributed by atoms with van der Waals surface area (Å²) in [5.41, 5.74) is -5.87. The van der Waals surface area contributed by atoms with Crippen LogP contribution in [0.15, 0.2) is 381 Å². The fourth-order valence-corrected chi connectivity index (χ4v) is 14.3. The van der Waals surface area contributed by atoms with Crippen LogP contribution < -0.4 is 0 Å². The molecule has 0 saturated carbocycles. The summed E-state index contributed by atoms with van der Waals surface area (Å²) in [7, 11) is 0. The number of rotatable bonds is 10. The van der Waals surface area contributed by atoms with E-state index in [4.69, 9.17) is 54.7 Å². The van der Waals surface area contributed by atoms with E-state index in [-0.39, 0.29) is 60.7 Å². The van der Waals surface area contributed by atoms with Crippen molar-refractivity contribution in [2.75, 3.05) is 0 Å². The van der Waals surface area contributed by atoms with Crippen LogP contribution in [0.5, 0.6) is 0 Å². The van der Waals surface area contributed by atoms with Crippen molar-refractivity contribution in [2.24, 2.45) is 0 Å². The lowest BCUT2D eigenvalue weighted by molar-refractivity contribution is 1.07. The van der Waals surface area contributed by atoms with Gasteiger partial charge < -0.3 is 18.3 Å². The first kappa shape index (κ1) is 35.0. The third-order valence-corrected chi connectivity index (χ3v) is 19.2. The fourth-order valence-electron chi connectivity index (χ4n) is 14.3. The number of benzene rings is 17. The molecule has 0 aliphatic heterocycles. The van der Waals surface area contributed by atoms with E-state index in [1.165, 1.54) is 11.5 Å². The molecule has 23 rings (SSSR count). The molecule has 0 radical (unpaired) electrons. The summed E-state index contributed by atoms with van der Waals surface area (Å²) in [6.07, 6.45) is 0. The van der Waals surface area contributed by atoms with E-state index in [2.05, 4.69) is 51.4 Å². The third kappa shape index (κ3) is 10.9. The zero-order valence-corrected chi connectivity index (χ0v) is 58.0. The van der Waals surface area contributed by atoms with Crippen LogP contribution in [0.2, 0.25) is 0 Å². The topological polar surface area (TPSA) is 97.1 Å². The van der Waals surface area contributed by atoms with Crippen molar-refractivity contribution in [2.45, 2.75) is 6.92 Å². The predicted octanol–water partition coefficient (Wildman–Crippen LogP) is 25.9. The van der Waals surface area contributed by atoms with Crippen LogP contribution in [-0.4, -0.2) is 48.2 Å². The van der Waals surface area contributed by atoms with Crippen LogP contribution in [0.4, 0.5) is 0 Å². The molecule has 6 heterocycles. The van der Waals surface area contributed by atoms with Crippen LogP contribution in [0, 0.1) is 6.92 Å². The summed E-state index contributed by atoms with van der Waals surface area (Å²) in [5.74, 6) is -1.39. The van der Waals surface area contributed by atoms with Crippen LogP contribution in [0.1, 0.15) is 64.5 Å². The second-order valence-corrected chi connectivity index (χ2v) is 25.7. The highest BCUT2D eigenvalue weighted by Crippen LogP contribution is 2.43. The summed E-state index contributed by atoms with van der Waals surface area (Å²) in [4.78, 5) is 27.8. The number of hydrogen-bond acceptors (Lipinski definition) is 6. The van der Waals surface area contributed by atoms with Gasteiger partial charge in [-0.05, 0) is 154 Å². The second-order valence-electron chi connectivity index (χ2n) is 25.7. The van der Waals surface area contributed by atoms with Gasteiger partial charge in [0.25, 0.3) is 0 Å². The van der Waals surface area contributed by atoms with Gasteiger partial charge in [-0.2, -0.15) is 0 Å². The molecule has 0 saturated heterocycles. The highest BCUT2D eigenvalue weighted by atomic mass is 15.1. The molecule has 0 N–H and O–H groups in total. The SMILES string of the molecule is [2H]c1c([2H])c([2H])c(-c2nc(-c3c([2H])c([2H])c(C)c([2H])c3[2H])nc(-c3c([2H])c([2H])c(-n4c5c([2H])c([2H])c([2H])c([2H])c5c5c([2H])c(-n6c7c([2H])c([2H])c([2H])c([2H])c7c7c([2H])c([2H])c([2H])c([2H])c76)c([2H])c([2H])c54)c([2H])c3[2H])n2)c([2H])c1[2H].[2H]c1c([2H])c([2H])c2c(c1[2H])c1c([2H])c(-n3c4c([2H])c([2H])c([2H])c([2H])c4c4c([2H])c([2H])c([2H])c([2H])c43)c([2H])c([2H])c1n2-c1cccc(-c2nc(-c3ccccc3)nc(-c3ccc4c5ccccc5c5ccccc5c4c3)n2)c1. The summed E-state index contributed by atoms with van der Waals surface area (Å²) in [6.45, 7) is 1.30. The Hall–Kier alpha value is -15.3. The molecule has 528 valence electrons. The maximum absolute atomic E-state index is 10.0. The van der Waals surface area contributed by atoms with Gasteiger partial charge in [-0.15, -0.1) is 0 Å². The zero-order chi connectivity index (χ0) is 112. The number of hydrogen-bond donors (Lipinski definition) is 0. The van der Waals surface area contributed by atoms with Crippen molar-refractivity contribution in [3.63, 3.8) is 0 Å². The molecule has 6 aromatic heterocycles. The molecule has 0 amide bonds. The molecule has 0 fully saturated rings. The Morgan fingerprint density at radius 2 is 0.504 bits per heavy atom. The largest absolute Gasteiger partial charge is 0.309 e. The minimum absolute atomic E-state index is 0.0930. The molecule has 0 spiro atoms. The van der Waals surface area contributed by atoms with Crippen LogP contribution in [0.3, 0.4) is 0 Å². The van der Waals surface area contributed by atoms with E-state index < -0.39 is 355 Å². The first-order valence-corrected chi connectivity index (χ1v) is 34.7. The Morgan fingerprint density at radius 3 is 0.956 bits per heavy atom. The van der Waals surface area contributed by atoms with Crippen molar-refractivity contribution < 1.29 is 58.9 Å². The van der Waals surface area contributed by atoms with E-state index in [9.17, 15) is 19.2 Å². The Kier molecular flexibility index (Phi) is 8.22. The average molecular weight is 1490 g/mol. The molecule has 0 atom stereocenters. The standard InChI is InChI=1S/C57H35N5.C46H31N5/c1-2-15-36(16-3-1)55-58-56(60-57(59-55)38-29-31-45-43-21-5-4-19-41(43)42-20-6-7-22-44(42)49(45)34-38)37-17-14-18-39(33-37)61-53-28-13-10-25-48(53)50-35-40(30-32-54(50)61)62-51-26-11-8-23-46(51)47-24-9-12-27-52(47)62;1-30-19-21-32(22-20-30)45-47-44(31-11-3-2-4-12-31)48-46(49-45)33-23-25-34(26-24-33)50-42-18-10-7-15-38(42)39-29-35(27-28-43(39)50)51-40-16-8-5-13-36(40)37-14-6-9-17-41(37)51/h1-35H;2-29H,1H3/i8D,9D,10D,11D,12D,13D,23D,24D,25D,26D,27D,28D,30D,32D,35D;2D,3D,4D,5D,6D,7D,8D,9D,10D,11D,12D,13D,14D,15D,16D,17D,18D,19D,20D,21D,22D,23D,24D,25D,26D,27D,28D,29D. The van der Waals surface area contributed by atoms with Gasteiger partial charge in [-0.25, -0.2) is 29.9 Å². The van der Waals surface area contributed by atoms with Crippen molar-refractivity contribution in [1.82, 2.24) is 48.2 Å².